The highest BCUT2D eigenvalue weighted by Gasteiger charge is 2.12. The average molecular weight is 302 g/mol. The van der Waals surface area contributed by atoms with Crippen molar-refractivity contribution < 1.29 is 18.9 Å². The number of methoxy groups -OCH3 is 1. The summed E-state index contributed by atoms with van der Waals surface area (Å²) in [6, 6.07) is 7.47. The number of benzene rings is 1. The summed E-state index contributed by atoms with van der Waals surface area (Å²) >= 11 is 0. The maximum Gasteiger partial charge on any atom is 0.271 e. The van der Waals surface area contributed by atoms with Gasteiger partial charge in [-0.3, -0.25) is 14.9 Å². The van der Waals surface area contributed by atoms with Gasteiger partial charge in [-0.1, -0.05) is 0 Å². The van der Waals surface area contributed by atoms with Crippen molar-refractivity contribution in [3.05, 3.63) is 58.0 Å². The maximum atomic E-state index is 11.9. The van der Waals surface area contributed by atoms with Crippen molar-refractivity contribution in [3.8, 4) is 5.75 Å². The normalized spacial score (nSPS) is 10.6. The predicted molar refractivity (Wildman–Crippen MR) is 80.8 cm³/mol. The molecule has 1 N–H and O–H groups in total. The lowest BCUT2D eigenvalue weighted by molar-refractivity contribution is -0.384. The molecule has 0 aliphatic rings. The van der Waals surface area contributed by atoms with E-state index in [9.17, 15) is 14.9 Å². The van der Waals surface area contributed by atoms with Crippen LogP contribution in [0.3, 0.4) is 0 Å². The van der Waals surface area contributed by atoms with Gasteiger partial charge < -0.3 is 14.5 Å². The molecular weight excluding hydrogens is 288 g/mol. The van der Waals surface area contributed by atoms with Crippen molar-refractivity contribution in [2.45, 2.75) is 6.92 Å². The van der Waals surface area contributed by atoms with Crippen molar-refractivity contribution in [1.29, 1.82) is 0 Å². The Morgan fingerprint density at radius 1 is 1.36 bits per heavy atom. The van der Waals surface area contributed by atoms with E-state index in [2.05, 4.69) is 5.32 Å². The number of rotatable bonds is 5. The largest absolute Gasteiger partial charge is 0.495 e. The molecule has 1 amide bonds. The van der Waals surface area contributed by atoms with Gasteiger partial charge in [-0.2, -0.15) is 0 Å². The lowest BCUT2D eigenvalue weighted by Crippen LogP contribution is -2.09. The Labute approximate surface area is 126 Å². The van der Waals surface area contributed by atoms with Crippen LogP contribution in [0.2, 0.25) is 0 Å². The van der Waals surface area contributed by atoms with Gasteiger partial charge in [0.1, 0.15) is 17.3 Å². The minimum Gasteiger partial charge on any atom is -0.495 e. The number of nitro benzene ring substituents is 1. The molecule has 1 aromatic heterocycles. The molecule has 0 radical (unpaired) electrons. The molecular formula is C15H14N2O5. The second-order valence-corrected chi connectivity index (χ2v) is 4.41. The standard InChI is InChI=1S/C15H14N2O5/c1-10-3-5-12(22-10)6-8-15(18)16-13-9-11(17(19)20)4-7-14(13)21-2/h3-9H,1-2H3,(H,16,18)/b8-6+. The number of nitro groups is 1. The van der Waals surface area contributed by atoms with Crippen molar-refractivity contribution in [2.75, 3.05) is 12.4 Å². The van der Waals surface area contributed by atoms with E-state index < -0.39 is 10.8 Å². The van der Waals surface area contributed by atoms with Crippen LogP contribution in [0, 0.1) is 17.0 Å². The molecule has 7 nitrogen and oxygen atoms in total. The Hall–Kier alpha value is -3.09. The fraction of sp³-hybridized carbons (Fsp3) is 0.133. The van der Waals surface area contributed by atoms with Gasteiger partial charge in [0.25, 0.3) is 5.69 Å². The number of hydrogen-bond acceptors (Lipinski definition) is 5. The first-order valence-electron chi connectivity index (χ1n) is 6.37. The number of nitrogens with one attached hydrogen (secondary N) is 1. The van der Waals surface area contributed by atoms with Crippen LogP contribution in [0.15, 0.2) is 40.8 Å². The molecule has 22 heavy (non-hydrogen) atoms. The van der Waals surface area contributed by atoms with Crippen molar-refractivity contribution in [1.82, 2.24) is 0 Å². The maximum absolute atomic E-state index is 11.9. The third kappa shape index (κ3) is 3.72. The summed E-state index contributed by atoms with van der Waals surface area (Å²) in [6.07, 6.45) is 2.78. The number of carbonyl (C=O) groups excluding carboxylic acids is 1. The highest BCUT2D eigenvalue weighted by Crippen LogP contribution is 2.28. The van der Waals surface area contributed by atoms with Crippen molar-refractivity contribution in [3.63, 3.8) is 0 Å². The molecule has 0 saturated heterocycles. The van der Waals surface area contributed by atoms with Gasteiger partial charge in [-0.25, -0.2) is 0 Å². The number of hydrogen-bond donors (Lipinski definition) is 1. The highest BCUT2D eigenvalue weighted by atomic mass is 16.6. The molecule has 0 aliphatic heterocycles. The van der Waals surface area contributed by atoms with Gasteiger partial charge >= 0.3 is 0 Å². The zero-order chi connectivity index (χ0) is 16.1. The summed E-state index contributed by atoms with van der Waals surface area (Å²) < 4.78 is 10.4. The van der Waals surface area contributed by atoms with Gasteiger partial charge in [0, 0.05) is 18.2 Å². The first-order valence-corrected chi connectivity index (χ1v) is 6.37. The Morgan fingerprint density at radius 2 is 2.14 bits per heavy atom. The first-order chi connectivity index (χ1) is 10.5. The number of anilines is 1. The zero-order valence-corrected chi connectivity index (χ0v) is 12.0. The van der Waals surface area contributed by atoms with Crippen LogP contribution in [0.25, 0.3) is 6.08 Å². The number of nitrogens with zero attached hydrogens (tertiary/aromatic N) is 1. The van der Waals surface area contributed by atoms with Crippen LogP contribution in [0.4, 0.5) is 11.4 Å². The quantitative estimate of drug-likeness (QED) is 0.520. The number of amides is 1. The van der Waals surface area contributed by atoms with E-state index in [4.69, 9.17) is 9.15 Å². The SMILES string of the molecule is COc1ccc([N+](=O)[O-])cc1NC(=O)/C=C/c1ccc(C)o1. The van der Waals surface area contributed by atoms with Gasteiger partial charge in [0.15, 0.2) is 0 Å². The van der Waals surface area contributed by atoms with Gasteiger partial charge in [-0.05, 0) is 31.2 Å². The second kappa shape index (κ2) is 6.57. The first kappa shape index (κ1) is 15.3. The Bertz CT molecular complexity index is 733. The van der Waals surface area contributed by atoms with E-state index in [1.807, 2.05) is 0 Å². The zero-order valence-electron chi connectivity index (χ0n) is 12.0. The predicted octanol–water partition coefficient (Wildman–Crippen LogP) is 3.16. The summed E-state index contributed by atoms with van der Waals surface area (Å²) in [7, 11) is 1.41. The molecule has 0 unspecified atom stereocenters. The molecule has 0 spiro atoms. The number of carbonyl (C=O) groups is 1. The molecule has 1 aromatic carbocycles. The van der Waals surface area contributed by atoms with Crippen LogP contribution in [-0.4, -0.2) is 17.9 Å². The molecule has 7 heteroatoms. The topological polar surface area (TPSA) is 94.6 Å². The molecule has 1 heterocycles. The van der Waals surface area contributed by atoms with Crippen LogP contribution >= 0.6 is 0 Å². The summed E-state index contributed by atoms with van der Waals surface area (Å²) in [5, 5.41) is 13.3. The third-order valence-corrected chi connectivity index (χ3v) is 2.81. The number of non-ortho nitro benzene ring substituents is 1. The molecule has 0 atom stereocenters. The lowest BCUT2D eigenvalue weighted by atomic mass is 10.2. The monoisotopic (exact) mass is 302 g/mol. The van der Waals surface area contributed by atoms with Crippen molar-refractivity contribution >= 4 is 23.4 Å². The molecule has 114 valence electrons. The molecule has 0 saturated carbocycles. The summed E-state index contributed by atoms with van der Waals surface area (Å²) in [5.74, 6) is 1.16. The molecule has 0 aliphatic carbocycles. The van der Waals surface area contributed by atoms with Crippen LogP contribution in [0.5, 0.6) is 5.75 Å². The highest BCUT2D eigenvalue weighted by molar-refractivity contribution is 6.02. The van der Waals surface area contributed by atoms with E-state index >= 15 is 0 Å². The van der Waals surface area contributed by atoms with E-state index in [-0.39, 0.29) is 11.4 Å². The lowest BCUT2D eigenvalue weighted by Gasteiger charge is -2.08. The van der Waals surface area contributed by atoms with Gasteiger partial charge in [-0.15, -0.1) is 0 Å². The van der Waals surface area contributed by atoms with E-state index in [0.717, 1.165) is 5.76 Å². The van der Waals surface area contributed by atoms with Crippen LogP contribution in [0.1, 0.15) is 11.5 Å². The Kier molecular flexibility index (Phi) is 4.57. The Balaban J connectivity index is 2.15. The van der Waals surface area contributed by atoms with Gasteiger partial charge in [0.2, 0.25) is 5.91 Å². The fourth-order valence-corrected chi connectivity index (χ4v) is 1.78. The number of furan rings is 1. The van der Waals surface area contributed by atoms with E-state index in [0.29, 0.717) is 11.5 Å². The Morgan fingerprint density at radius 3 is 2.73 bits per heavy atom. The summed E-state index contributed by atoms with van der Waals surface area (Å²) in [4.78, 5) is 22.1. The molecule has 2 rings (SSSR count). The summed E-state index contributed by atoms with van der Waals surface area (Å²) in [5.41, 5.74) is 0.0868. The van der Waals surface area contributed by atoms with Crippen LogP contribution in [-0.2, 0) is 4.79 Å². The van der Waals surface area contributed by atoms with Crippen LogP contribution < -0.4 is 10.1 Å². The molecule has 0 bridgehead atoms. The average Bonchev–Trinajstić information content (AvgIpc) is 2.90. The van der Waals surface area contributed by atoms with Crippen molar-refractivity contribution in [2.24, 2.45) is 0 Å². The van der Waals surface area contributed by atoms with E-state index in [1.165, 1.54) is 37.5 Å². The minimum absolute atomic E-state index is 0.137. The summed E-state index contributed by atoms with van der Waals surface area (Å²) in [6.45, 7) is 1.80. The number of ether oxygens (including phenoxy) is 1. The minimum atomic E-state index is -0.545. The number of aryl methyl sites for hydroxylation is 1. The fourth-order valence-electron chi connectivity index (χ4n) is 1.78. The third-order valence-electron chi connectivity index (χ3n) is 2.81. The van der Waals surface area contributed by atoms with Gasteiger partial charge in [0.05, 0.1) is 17.7 Å². The van der Waals surface area contributed by atoms with E-state index in [1.54, 1.807) is 19.1 Å². The molecule has 2 aromatic rings. The molecule has 0 fully saturated rings. The smallest absolute Gasteiger partial charge is 0.271 e. The second-order valence-electron chi connectivity index (χ2n) is 4.41.